The van der Waals surface area contributed by atoms with E-state index in [0.29, 0.717) is 25.2 Å². The van der Waals surface area contributed by atoms with Gasteiger partial charge in [0.25, 0.3) is 5.91 Å². The first kappa shape index (κ1) is 16.6. The second kappa shape index (κ2) is 6.85. The van der Waals surface area contributed by atoms with Crippen molar-refractivity contribution in [3.63, 3.8) is 0 Å². The molecule has 0 atom stereocenters. The Morgan fingerprint density at radius 3 is 2.79 bits per heavy atom. The van der Waals surface area contributed by atoms with Crippen LogP contribution in [0.2, 0.25) is 0 Å². The Morgan fingerprint density at radius 1 is 0.964 bits per heavy atom. The average molecular weight is 366 g/mol. The molecule has 1 aromatic carbocycles. The summed E-state index contributed by atoms with van der Waals surface area (Å²) >= 11 is 0. The minimum atomic E-state index is -0.0125. The molecule has 4 heterocycles. The van der Waals surface area contributed by atoms with Gasteiger partial charge in [0.05, 0.1) is 5.52 Å². The first-order valence-corrected chi connectivity index (χ1v) is 9.32. The molecule has 0 aliphatic carbocycles. The number of carbonyl (C=O) groups is 1. The molecule has 5 nitrogen and oxygen atoms in total. The highest BCUT2D eigenvalue weighted by Gasteiger charge is 2.30. The minimum Gasteiger partial charge on any atom is -0.332 e. The van der Waals surface area contributed by atoms with E-state index in [4.69, 9.17) is 4.98 Å². The topological polar surface area (TPSA) is 59.0 Å². The van der Waals surface area contributed by atoms with E-state index in [-0.39, 0.29) is 5.91 Å². The third-order valence-electron chi connectivity index (χ3n) is 5.16. The van der Waals surface area contributed by atoms with Gasteiger partial charge in [0.2, 0.25) is 0 Å². The highest BCUT2D eigenvalue weighted by atomic mass is 16.2. The van der Waals surface area contributed by atoms with Crippen LogP contribution in [0.15, 0.2) is 73.2 Å². The lowest BCUT2D eigenvalue weighted by Crippen LogP contribution is -2.26. The van der Waals surface area contributed by atoms with E-state index in [2.05, 4.69) is 22.1 Å². The van der Waals surface area contributed by atoms with Crippen molar-refractivity contribution in [3.8, 4) is 11.1 Å². The molecule has 28 heavy (non-hydrogen) atoms. The predicted molar refractivity (Wildman–Crippen MR) is 108 cm³/mol. The molecule has 0 bridgehead atoms. The number of pyridine rings is 3. The summed E-state index contributed by atoms with van der Waals surface area (Å²) in [4.78, 5) is 28.0. The van der Waals surface area contributed by atoms with Crippen LogP contribution < -0.4 is 0 Å². The lowest BCUT2D eigenvalue weighted by molar-refractivity contribution is 0.0776. The van der Waals surface area contributed by atoms with Crippen LogP contribution in [0.3, 0.4) is 0 Å². The van der Waals surface area contributed by atoms with Gasteiger partial charge >= 0.3 is 0 Å². The summed E-state index contributed by atoms with van der Waals surface area (Å²) < 4.78 is 0. The van der Waals surface area contributed by atoms with Crippen molar-refractivity contribution in [2.24, 2.45) is 0 Å². The van der Waals surface area contributed by atoms with Crippen molar-refractivity contribution < 1.29 is 4.79 Å². The fourth-order valence-corrected chi connectivity index (χ4v) is 3.72. The number of carbonyl (C=O) groups excluding carboxylic acids is 1. The van der Waals surface area contributed by atoms with Crippen LogP contribution in [0.1, 0.15) is 21.7 Å². The van der Waals surface area contributed by atoms with Gasteiger partial charge in [-0.15, -0.1) is 0 Å². The van der Waals surface area contributed by atoms with E-state index in [1.165, 1.54) is 0 Å². The van der Waals surface area contributed by atoms with E-state index in [9.17, 15) is 4.79 Å². The predicted octanol–water partition coefficient (Wildman–Crippen LogP) is 3.89. The standard InChI is InChI=1S/C23H18N4O/c28-23-22-20(19(9-12-25-22)17-5-3-11-24-14-17)15-27(23)13-10-18-8-7-16-4-1-2-6-21(16)26-18/h1-9,11-12,14H,10,13,15H2. The summed E-state index contributed by atoms with van der Waals surface area (Å²) in [6.07, 6.45) is 5.99. The highest BCUT2D eigenvalue weighted by molar-refractivity contribution is 5.98. The highest BCUT2D eigenvalue weighted by Crippen LogP contribution is 2.31. The molecule has 3 aromatic heterocycles. The van der Waals surface area contributed by atoms with Crippen molar-refractivity contribution in [2.45, 2.75) is 13.0 Å². The number of para-hydroxylation sites is 1. The Kier molecular flexibility index (Phi) is 4.05. The summed E-state index contributed by atoms with van der Waals surface area (Å²) in [6, 6.07) is 18.1. The molecule has 0 spiro atoms. The number of hydrogen-bond donors (Lipinski definition) is 0. The number of nitrogens with zero attached hydrogens (tertiary/aromatic N) is 4. The SMILES string of the molecule is O=C1c2nccc(-c3cccnc3)c2CN1CCc1ccc2ccccc2n1. The Balaban J connectivity index is 1.37. The molecular formula is C23H18N4O. The first-order chi connectivity index (χ1) is 13.8. The summed E-state index contributed by atoms with van der Waals surface area (Å²) in [6.45, 7) is 1.19. The van der Waals surface area contributed by atoms with Gasteiger partial charge in [-0.3, -0.25) is 19.7 Å². The summed E-state index contributed by atoms with van der Waals surface area (Å²) in [5, 5.41) is 1.13. The van der Waals surface area contributed by atoms with Crippen LogP contribution in [0.25, 0.3) is 22.0 Å². The second-order valence-corrected chi connectivity index (χ2v) is 6.90. The number of hydrogen-bond acceptors (Lipinski definition) is 4. The maximum atomic E-state index is 12.8. The summed E-state index contributed by atoms with van der Waals surface area (Å²) in [5.74, 6) is -0.0125. The molecule has 0 saturated heterocycles. The summed E-state index contributed by atoms with van der Waals surface area (Å²) in [7, 11) is 0. The third kappa shape index (κ3) is 2.91. The second-order valence-electron chi connectivity index (χ2n) is 6.90. The van der Waals surface area contributed by atoms with Crippen LogP contribution in [-0.4, -0.2) is 32.3 Å². The Bertz CT molecular complexity index is 1170. The molecule has 136 valence electrons. The average Bonchev–Trinajstić information content (AvgIpc) is 3.08. The molecule has 4 aromatic rings. The van der Waals surface area contributed by atoms with Gasteiger partial charge in [0.1, 0.15) is 5.69 Å². The van der Waals surface area contributed by atoms with Gasteiger partial charge < -0.3 is 4.90 Å². The summed E-state index contributed by atoms with van der Waals surface area (Å²) in [5.41, 5.74) is 5.53. The van der Waals surface area contributed by atoms with Gasteiger partial charge in [0.15, 0.2) is 0 Å². The number of fused-ring (bicyclic) bond motifs is 2. The maximum absolute atomic E-state index is 12.8. The Labute approximate surface area is 162 Å². The van der Waals surface area contributed by atoms with Crippen molar-refractivity contribution in [1.82, 2.24) is 19.9 Å². The number of rotatable bonds is 4. The molecule has 5 rings (SSSR count). The van der Waals surface area contributed by atoms with Gasteiger partial charge in [0, 0.05) is 60.3 Å². The first-order valence-electron chi connectivity index (χ1n) is 9.32. The number of aromatic nitrogens is 3. The molecule has 0 unspecified atom stereocenters. The minimum absolute atomic E-state index is 0.0125. The van der Waals surface area contributed by atoms with E-state index < -0.39 is 0 Å². The van der Waals surface area contributed by atoms with Gasteiger partial charge in [-0.1, -0.05) is 30.3 Å². The van der Waals surface area contributed by atoms with Crippen LogP contribution >= 0.6 is 0 Å². The van der Waals surface area contributed by atoms with E-state index >= 15 is 0 Å². The zero-order chi connectivity index (χ0) is 18.9. The molecule has 0 radical (unpaired) electrons. The smallest absolute Gasteiger partial charge is 0.273 e. The van der Waals surface area contributed by atoms with Crippen molar-refractivity contribution in [1.29, 1.82) is 0 Å². The van der Waals surface area contributed by atoms with E-state index in [1.54, 1.807) is 12.4 Å². The zero-order valence-electron chi connectivity index (χ0n) is 15.2. The number of benzene rings is 1. The Hall–Kier alpha value is -3.60. The van der Waals surface area contributed by atoms with Crippen LogP contribution in [0.5, 0.6) is 0 Å². The van der Waals surface area contributed by atoms with Gasteiger partial charge in [-0.25, -0.2) is 0 Å². The molecule has 1 amide bonds. The molecule has 1 aliphatic heterocycles. The van der Waals surface area contributed by atoms with Crippen molar-refractivity contribution in [2.75, 3.05) is 6.54 Å². The molecule has 0 saturated carbocycles. The molecule has 5 heteroatoms. The maximum Gasteiger partial charge on any atom is 0.273 e. The largest absolute Gasteiger partial charge is 0.332 e. The monoisotopic (exact) mass is 366 g/mol. The molecule has 0 N–H and O–H groups in total. The molecule has 0 fully saturated rings. The van der Waals surface area contributed by atoms with E-state index in [1.807, 2.05) is 53.6 Å². The fraction of sp³-hybridized carbons (Fsp3) is 0.130. The lowest BCUT2D eigenvalue weighted by atomic mass is 10.0. The van der Waals surface area contributed by atoms with Crippen LogP contribution in [0, 0.1) is 0 Å². The third-order valence-corrected chi connectivity index (χ3v) is 5.16. The Morgan fingerprint density at radius 2 is 1.89 bits per heavy atom. The van der Waals surface area contributed by atoms with Gasteiger partial charge in [-0.2, -0.15) is 0 Å². The van der Waals surface area contributed by atoms with Crippen molar-refractivity contribution in [3.05, 3.63) is 90.1 Å². The number of amides is 1. The van der Waals surface area contributed by atoms with Crippen molar-refractivity contribution >= 4 is 16.8 Å². The zero-order valence-corrected chi connectivity index (χ0v) is 15.2. The molecule has 1 aliphatic rings. The van der Waals surface area contributed by atoms with Gasteiger partial charge in [-0.05, 0) is 29.8 Å². The van der Waals surface area contributed by atoms with Crippen LogP contribution in [0.4, 0.5) is 0 Å². The van der Waals surface area contributed by atoms with Crippen LogP contribution in [-0.2, 0) is 13.0 Å². The normalized spacial score (nSPS) is 13.1. The quantitative estimate of drug-likeness (QED) is 0.550. The fourth-order valence-electron chi connectivity index (χ4n) is 3.72. The van der Waals surface area contributed by atoms with E-state index in [0.717, 1.165) is 33.3 Å². The molecular weight excluding hydrogens is 348 g/mol. The lowest BCUT2D eigenvalue weighted by Gasteiger charge is -2.15.